The van der Waals surface area contributed by atoms with Gasteiger partial charge in [-0.05, 0) is 41.8 Å². The van der Waals surface area contributed by atoms with Crippen molar-refractivity contribution >= 4 is 11.8 Å². The maximum absolute atomic E-state index is 13.4. The van der Waals surface area contributed by atoms with Crippen LogP contribution in [-0.2, 0) is 30.7 Å². The standard InChI is InChI=1S/C23H22FN5O3/c1-14(30)27-7-6-20-15(10-27)11-29(18-4-2-16(24)3-5-18)23(32)21(20)22(31)26-17-8-19-9-25-13-28(19)12-17/h2-5,9,11,13,17H,6-8,10,12H2,1H3,(H,26,31). The lowest BCUT2D eigenvalue weighted by atomic mass is 9.95. The summed E-state index contributed by atoms with van der Waals surface area (Å²) in [4.78, 5) is 44.5. The fourth-order valence-corrected chi connectivity index (χ4v) is 4.54. The van der Waals surface area contributed by atoms with E-state index in [1.54, 1.807) is 23.6 Å². The van der Waals surface area contributed by atoms with Crippen LogP contribution in [0.15, 0.2) is 47.8 Å². The fourth-order valence-electron chi connectivity index (χ4n) is 4.54. The summed E-state index contributed by atoms with van der Waals surface area (Å²) < 4.78 is 16.8. The van der Waals surface area contributed by atoms with Crippen LogP contribution in [0.25, 0.3) is 5.69 Å². The van der Waals surface area contributed by atoms with Crippen molar-refractivity contribution in [3.05, 3.63) is 81.5 Å². The van der Waals surface area contributed by atoms with Crippen LogP contribution >= 0.6 is 0 Å². The highest BCUT2D eigenvalue weighted by atomic mass is 19.1. The number of nitrogens with one attached hydrogen (secondary N) is 1. The van der Waals surface area contributed by atoms with Gasteiger partial charge in [0.15, 0.2) is 0 Å². The van der Waals surface area contributed by atoms with Crippen LogP contribution in [0.5, 0.6) is 0 Å². The van der Waals surface area contributed by atoms with Gasteiger partial charge in [-0.15, -0.1) is 0 Å². The van der Waals surface area contributed by atoms with Crippen molar-refractivity contribution < 1.29 is 14.0 Å². The number of nitrogens with zero attached hydrogens (tertiary/aromatic N) is 4. The van der Waals surface area contributed by atoms with E-state index in [1.807, 2.05) is 4.57 Å². The van der Waals surface area contributed by atoms with Gasteiger partial charge in [0.25, 0.3) is 11.5 Å². The molecule has 2 aromatic heterocycles. The Morgan fingerprint density at radius 1 is 1.22 bits per heavy atom. The van der Waals surface area contributed by atoms with Gasteiger partial charge in [0, 0.05) is 56.8 Å². The summed E-state index contributed by atoms with van der Waals surface area (Å²) >= 11 is 0. The molecule has 1 atom stereocenters. The summed E-state index contributed by atoms with van der Waals surface area (Å²) in [6, 6.07) is 5.39. The highest BCUT2D eigenvalue weighted by molar-refractivity contribution is 5.96. The topological polar surface area (TPSA) is 89.2 Å². The summed E-state index contributed by atoms with van der Waals surface area (Å²) in [7, 11) is 0. The van der Waals surface area contributed by atoms with E-state index < -0.39 is 17.3 Å². The van der Waals surface area contributed by atoms with Crippen molar-refractivity contribution in [1.82, 2.24) is 24.3 Å². The van der Waals surface area contributed by atoms with Gasteiger partial charge in [-0.3, -0.25) is 19.0 Å². The molecule has 2 amide bonds. The first-order valence-corrected chi connectivity index (χ1v) is 10.5. The summed E-state index contributed by atoms with van der Waals surface area (Å²) in [5.41, 5.74) is 2.53. The van der Waals surface area contributed by atoms with Gasteiger partial charge >= 0.3 is 0 Å². The number of halogens is 1. The normalized spacial score (nSPS) is 17.1. The number of rotatable bonds is 3. The molecule has 2 aliphatic heterocycles. The highest BCUT2D eigenvalue weighted by Gasteiger charge is 2.30. The highest BCUT2D eigenvalue weighted by Crippen LogP contribution is 2.23. The molecule has 0 bridgehead atoms. The maximum Gasteiger partial charge on any atom is 0.268 e. The van der Waals surface area contributed by atoms with Crippen LogP contribution in [0, 0.1) is 5.82 Å². The third-order valence-electron chi connectivity index (χ3n) is 6.18. The van der Waals surface area contributed by atoms with Crippen LogP contribution < -0.4 is 10.9 Å². The summed E-state index contributed by atoms with van der Waals surface area (Å²) in [5, 5.41) is 3.00. The van der Waals surface area contributed by atoms with E-state index in [4.69, 9.17) is 0 Å². The van der Waals surface area contributed by atoms with Crippen molar-refractivity contribution in [3.8, 4) is 5.69 Å². The van der Waals surface area contributed by atoms with E-state index in [0.29, 0.717) is 43.7 Å². The molecule has 0 radical (unpaired) electrons. The SMILES string of the molecule is CC(=O)N1CCc2c(cn(-c3ccc(F)cc3)c(=O)c2C(=O)NC2Cc3cncn3C2)C1. The van der Waals surface area contributed by atoms with Crippen molar-refractivity contribution in [1.29, 1.82) is 0 Å². The molecule has 0 saturated heterocycles. The van der Waals surface area contributed by atoms with Crippen molar-refractivity contribution in [3.63, 3.8) is 0 Å². The molecule has 8 nitrogen and oxygen atoms in total. The van der Waals surface area contributed by atoms with Crippen molar-refractivity contribution in [2.24, 2.45) is 0 Å². The predicted octanol–water partition coefficient (Wildman–Crippen LogP) is 1.43. The van der Waals surface area contributed by atoms with Crippen molar-refractivity contribution in [2.75, 3.05) is 6.54 Å². The Morgan fingerprint density at radius 2 is 2.00 bits per heavy atom. The largest absolute Gasteiger partial charge is 0.347 e. The molecule has 9 heteroatoms. The third kappa shape index (κ3) is 3.49. The minimum Gasteiger partial charge on any atom is -0.347 e. The van der Waals surface area contributed by atoms with E-state index in [0.717, 1.165) is 11.3 Å². The van der Waals surface area contributed by atoms with Gasteiger partial charge in [-0.2, -0.15) is 0 Å². The number of imidazole rings is 1. The molecule has 0 spiro atoms. The number of amides is 2. The Bertz CT molecular complexity index is 1260. The van der Waals surface area contributed by atoms with Crippen LogP contribution in [-0.4, -0.2) is 43.4 Å². The Morgan fingerprint density at radius 3 is 2.72 bits per heavy atom. The molecule has 0 aliphatic carbocycles. The van der Waals surface area contributed by atoms with Crippen molar-refractivity contribution in [2.45, 2.75) is 38.9 Å². The number of fused-ring (bicyclic) bond motifs is 2. The number of benzene rings is 1. The minimum atomic E-state index is -0.455. The molecule has 0 saturated carbocycles. The second-order valence-corrected chi connectivity index (χ2v) is 8.26. The lowest BCUT2D eigenvalue weighted by molar-refractivity contribution is -0.129. The minimum absolute atomic E-state index is 0.0670. The number of aromatic nitrogens is 3. The van der Waals surface area contributed by atoms with Crippen LogP contribution in [0.1, 0.15) is 34.1 Å². The van der Waals surface area contributed by atoms with Gasteiger partial charge in [0.05, 0.1) is 12.4 Å². The van der Waals surface area contributed by atoms with E-state index in [9.17, 15) is 18.8 Å². The number of carbonyl (C=O) groups is 2. The molecule has 164 valence electrons. The molecule has 1 N–H and O–H groups in total. The molecular weight excluding hydrogens is 413 g/mol. The molecule has 5 rings (SSSR count). The molecule has 0 fully saturated rings. The summed E-state index contributed by atoms with van der Waals surface area (Å²) in [6.07, 6.45) is 6.22. The lowest BCUT2D eigenvalue weighted by Gasteiger charge is -2.30. The first-order valence-electron chi connectivity index (χ1n) is 10.5. The average molecular weight is 435 g/mol. The second-order valence-electron chi connectivity index (χ2n) is 8.26. The zero-order chi connectivity index (χ0) is 22.4. The molecule has 1 aromatic carbocycles. The van der Waals surface area contributed by atoms with Crippen LogP contribution in [0.3, 0.4) is 0 Å². The number of pyridine rings is 1. The molecular formula is C23H22FN5O3. The number of carbonyl (C=O) groups excluding carboxylic acids is 2. The smallest absolute Gasteiger partial charge is 0.268 e. The van der Waals surface area contributed by atoms with E-state index >= 15 is 0 Å². The fraction of sp³-hybridized carbons (Fsp3) is 0.304. The van der Waals surface area contributed by atoms with Gasteiger partial charge in [-0.25, -0.2) is 9.37 Å². The molecule has 32 heavy (non-hydrogen) atoms. The maximum atomic E-state index is 13.4. The molecule has 1 unspecified atom stereocenters. The predicted molar refractivity (Wildman–Crippen MR) is 114 cm³/mol. The molecule has 2 aliphatic rings. The first-order chi connectivity index (χ1) is 15.4. The zero-order valence-corrected chi connectivity index (χ0v) is 17.5. The van der Waals surface area contributed by atoms with Crippen LogP contribution in [0.4, 0.5) is 4.39 Å². The Labute approximate surface area is 183 Å². The van der Waals surface area contributed by atoms with Gasteiger partial charge < -0.3 is 14.8 Å². The Balaban J connectivity index is 1.55. The summed E-state index contributed by atoms with van der Waals surface area (Å²) in [5.74, 6) is -0.912. The zero-order valence-electron chi connectivity index (χ0n) is 17.5. The number of hydrogen-bond donors (Lipinski definition) is 1. The Kier molecular flexibility index (Phi) is 4.88. The van der Waals surface area contributed by atoms with E-state index in [-0.39, 0.29) is 17.5 Å². The van der Waals surface area contributed by atoms with E-state index in [1.165, 1.54) is 35.8 Å². The van der Waals surface area contributed by atoms with Gasteiger partial charge in [0.2, 0.25) is 5.91 Å². The van der Waals surface area contributed by atoms with E-state index in [2.05, 4.69) is 10.3 Å². The third-order valence-corrected chi connectivity index (χ3v) is 6.18. The number of hydrogen-bond acceptors (Lipinski definition) is 4. The monoisotopic (exact) mass is 435 g/mol. The van der Waals surface area contributed by atoms with Gasteiger partial charge in [0.1, 0.15) is 11.4 Å². The molecule has 4 heterocycles. The lowest BCUT2D eigenvalue weighted by Crippen LogP contribution is -2.43. The van der Waals surface area contributed by atoms with Gasteiger partial charge in [-0.1, -0.05) is 0 Å². The van der Waals surface area contributed by atoms with Crippen LogP contribution in [0.2, 0.25) is 0 Å². The first kappa shape index (κ1) is 20.2. The molecule has 3 aromatic rings. The quantitative estimate of drug-likeness (QED) is 0.674. The Hall–Kier alpha value is -3.75. The second kappa shape index (κ2) is 7.74. The summed E-state index contributed by atoms with van der Waals surface area (Å²) in [6.45, 7) is 2.86. The average Bonchev–Trinajstić information content (AvgIpc) is 3.35.